The van der Waals surface area contributed by atoms with E-state index < -0.39 is 0 Å². The summed E-state index contributed by atoms with van der Waals surface area (Å²) >= 11 is 0. The van der Waals surface area contributed by atoms with E-state index in [-0.39, 0.29) is 12.1 Å². The highest BCUT2D eigenvalue weighted by molar-refractivity contribution is 4.98. The van der Waals surface area contributed by atoms with Crippen molar-refractivity contribution in [2.75, 3.05) is 6.61 Å². The third kappa shape index (κ3) is 2.82. The standard InChI is InChI=1S/C9H17N3O/c1-9(2,6-13)11-5-8-4-10-7-12(8)3/h4,7,11,13H,5-6H2,1-3H3. The normalized spacial score (nSPS) is 12.0. The summed E-state index contributed by atoms with van der Waals surface area (Å²) in [5.41, 5.74) is 0.881. The molecule has 2 N–H and O–H groups in total. The maximum absolute atomic E-state index is 9.01. The lowest BCUT2D eigenvalue weighted by Crippen LogP contribution is -2.42. The second-order valence-electron chi connectivity index (χ2n) is 3.89. The lowest BCUT2D eigenvalue weighted by Gasteiger charge is -2.23. The van der Waals surface area contributed by atoms with Crippen LogP contribution in [0.4, 0.5) is 0 Å². The molecular weight excluding hydrogens is 166 g/mol. The van der Waals surface area contributed by atoms with Crippen LogP contribution in [0.25, 0.3) is 0 Å². The van der Waals surface area contributed by atoms with E-state index in [1.165, 1.54) is 0 Å². The van der Waals surface area contributed by atoms with Crippen LogP contribution in [-0.2, 0) is 13.6 Å². The molecule has 13 heavy (non-hydrogen) atoms. The first-order chi connectivity index (χ1) is 6.05. The maximum atomic E-state index is 9.01. The molecule has 0 radical (unpaired) electrons. The Bertz CT molecular complexity index is 268. The van der Waals surface area contributed by atoms with Gasteiger partial charge in [-0.15, -0.1) is 0 Å². The molecule has 0 aliphatic heterocycles. The van der Waals surface area contributed by atoms with Crippen molar-refractivity contribution in [3.63, 3.8) is 0 Å². The van der Waals surface area contributed by atoms with Crippen molar-refractivity contribution in [2.24, 2.45) is 7.05 Å². The van der Waals surface area contributed by atoms with Crippen LogP contribution in [0.5, 0.6) is 0 Å². The number of rotatable bonds is 4. The topological polar surface area (TPSA) is 50.1 Å². The van der Waals surface area contributed by atoms with Crippen LogP contribution >= 0.6 is 0 Å². The number of aliphatic hydroxyl groups is 1. The second kappa shape index (κ2) is 3.89. The summed E-state index contributed by atoms with van der Waals surface area (Å²) < 4.78 is 1.96. The van der Waals surface area contributed by atoms with Gasteiger partial charge in [0.05, 0.1) is 18.6 Å². The number of aliphatic hydroxyl groups excluding tert-OH is 1. The monoisotopic (exact) mass is 183 g/mol. The Balaban J connectivity index is 2.48. The van der Waals surface area contributed by atoms with E-state index in [1.807, 2.05) is 31.7 Å². The van der Waals surface area contributed by atoms with Gasteiger partial charge < -0.3 is 15.0 Å². The van der Waals surface area contributed by atoms with Crippen molar-refractivity contribution >= 4 is 0 Å². The number of nitrogens with one attached hydrogen (secondary N) is 1. The van der Waals surface area contributed by atoms with Gasteiger partial charge in [-0.05, 0) is 13.8 Å². The van der Waals surface area contributed by atoms with Crippen molar-refractivity contribution in [2.45, 2.75) is 25.9 Å². The molecule has 0 spiro atoms. The first kappa shape index (κ1) is 10.2. The molecule has 0 aliphatic rings. The van der Waals surface area contributed by atoms with Crippen LogP contribution in [0, 0.1) is 0 Å². The van der Waals surface area contributed by atoms with Gasteiger partial charge in [-0.25, -0.2) is 4.98 Å². The highest BCUT2D eigenvalue weighted by Gasteiger charge is 2.15. The van der Waals surface area contributed by atoms with E-state index in [9.17, 15) is 0 Å². The van der Waals surface area contributed by atoms with Gasteiger partial charge >= 0.3 is 0 Å². The van der Waals surface area contributed by atoms with Crippen molar-refractivity contribution in [1.82, 2.24) is 14.9 Å². The molecular formula is C9H17N3O. The fourth-order valence-corrected chi connectivity index (χ4v) is 0.941. The molecule has 1 heterocycles. The summed E-state index contributed by atoms with van der Waals surface area (Å²) in [6, 6.07) is 0. The van der Waals surface area contributed by atoms with Crippen molar-refractivity contribution in [3.8, 4) is 0 Å². The largest absolute Gasteiger partial charge is 0.394 e. The van der Waals surface area contributed by atoms with E-state index in [4.69, 9.17) is 5.11 Å². The predicted octanol–water partition coefficient (Wildman–Crippen LogP) is 0.281. The van der Waals surface area contributed by atoms with Gasteiger partial charge in [0.25, 0.3) is 0 Å². The van der Waals surface area contributed by atoms with E-state index in [0.29, 0.717) is 0 Å². The molecule has 0 amide bonds. The van der Waals surface area contributed by atoms with Gasteiger partial charge in [0.1, 0.15) is 0 Å². The quantitative estimate of drug-likeness (QED) is 0.705. The predicted molar refractivity (Wildman–Crippen MR) is 51.2 cm³/mol. The van der Waals surface area contributed by atoms with Gasteiger partial charge in [0.2, 0.25) is 0 Å². The van der Waals surface area contributed by atoms with Crippen molar-refractivity contribution in [3.05, 3.63) is 18.2 Å². The van der Waals surface area contributed by atoms with E-state index in [0.717, 1.165) is 12.2 Å². The zero-order valence-electron chi connectivity index (χ0n) is 8.41. The van der Waals surface area contributed by atoms with Crippen molar-refractivity contribution < 1.29 is 5.11 Å². The fraction of sp³-hybridized carbons (Fsp3) is 0.667. The van der Waals surface area contributed by atoms with E-state index in [2.05, 4.69) is 10.3 Å². The fourth-order valence-electron chi connectivity index (χ4n) is 0.941. The zero-order valence-corrected chi connectivity index (χ0v) is 8.41. The molecule has 1 aromatic heterocycles. The number of hydrogen-bond acceptors (Lipinski definition) is 3. The SMILES string of the molecule is Cn1cncc1CNC(C)(C)CO. The molecule has 74 valence electrons. The summed E-state index contributed by atoms with van der Waals surface area (Å²) in [5, 5.41) is 12.2. The van der Waals surface area contributed by atoms with Crippen LogP contribution in [0.2, 0.25) is 0 Å². The molecule has 0 aliphatic carbocycles. The Morgan fingerprint density at radius 2 is 2.31 bits per heavy atom. The van der Waals surface area contributed by atoms with Crippen LogP contribution in [0.15, 0.2) is 12.5 Å². The maximum Gasteiger partial charge on any atom is 0.0945 e. The Morgan fingerprint density at radius 3 is 2.77 bits per heavy atom. The van der Waals surface area contributed by atoms with Gasteiger partial charge in [-0.2, -0.15) is 0 Å². The number of hydrogen-bond donors (Lipinski definition) is 2. The number of imidazole rings is 1. The summed E-state index contributed by atoms with van der Waals surface area (Å²) in [6.45, 7) is 4.78. The number of nitrogens with zero attached hydrogens (tertiary/aromatic N) is 2. The summed E-state index contributed by atoms with van der Waals surface area (Å²) in [7, 11) is 1.95. The summed E-state index contributed by atoms with van der Waals surface area (Å²) in [6.07, 6.45) is 3.59. The van der Waals surface area contributed by atoms with Crippen LogP contribution in [0.1, 0.15) is 19.5 Å². The molecule has 0 unspecified atom stereocenters. The molecule has 0 aromatic carbocycles. The van der Waals surface area contributed by atoms with Gasteiger partial charge in [0, 0.05) is 25.3 Å². The third-order valence-electron chi connectivity index (χ3n) is 2.06. The highest BCUT2D eigenvalue weighted by Crippen LogP contribution is 2.03. The smallest absolute Gasteiger partial charge is 0.0945 e. The Labute approximate surface area is 78.6 Å². The lowest BCUT2D eigenvalue weighted by atomic mass is 10.1. The van der Waals surface area contributed by atoms with E-state index in [1.54, 1.807) is 6.33 Å². The van der Waals surface area contributed by atoms with Crippen LogP contribution in [0.3, 0.4) is 0 Å². The lowest BCUT2D eigenvalue weighted by molar-refractivity contribution is 0.186. The zero-order chi connectivity index (χ0) is 9.90. The second-order valence-corrected chi connectivity index (χ2v) is 3.89. The van der Waals surface area contributed by atoms with Crippen LogP contribution < -0.4 is 5.32 Å². The molecule has 1 rings (SSSR count). The molecule has 1 aromatic rings. The molecule has 0 fully saturated rings. The molecule has 4 nitrogen and oxygen atoms in total. The Morgan fingerprint density at radius 1 is 1.62 bits per heavy atom. The minimum absolute atomic E-state index is 0.130. The summed E-state index contributed by atoms with van der Waals surface area (Å²) in [4.78, 5) is 4.01. The van der Waals surface area contributed by atoms with Gasteiger partial charge in [-0.3, -0.25) is 0 Å². The van der Waals surface area contributed by atoms with Crippen molar-refractivity contribution in [1.29, 1.82) is 0 Å². The van der Waals surface area contributed by atoms with Gasteiger partial charge in [0.15, 0.2) is 0 Å². The highest BCUT2D eigenvalue weighted by atomic mass is 16.3. The minimum Gasteiger partial charge on any atom is -0.394 e. The average Bonchev–Trinajstić information content (AvgIpc) is 2.48. The van der Waals surface area contributed by atoms with Crippen LogP contribution in [-0.4, -0.2) is 26.8 Å². The molecule has 0 bridgehead atoms. The Kier molecular flexibility index (Phi) is 3.06. The first-order valence-electron chi connectivity index (χ1n) is 4.36. The van der Waals surface area contributed by atoms with Gasteiger partial charge in [-0.1, -0.05) is 0 Å². The molecule has 0 saturated carbocycles. The minimum atomic E-state index is -0.232. The van der Waals surface area contributed by atoms with E-state index >= 15 is 0 Å². The average molecular weight is 183 g/mol. The summed E-state index contributed by atoms with van der Waals surface area (Å²) in [5.74, 6) is 0. The number of aryl methyl sites for hydroxylation is 1. The molecule has 0 saturated heterocycles. The number of aromatic nitrogens is 2. The Hall–Kier alpha value is -0.870. The molecule has 4 heteroatoms. The molecule has 0 atom stereocenters. The first-order valence-corrected chi connectivity index (χ1v) is 4.36. The third-order valence-corrected chi connectivity index (χ3v) is 2.06.